The summed E-state index contributed by atoms with van der Waals surface area (Å²) in [7, 11) is 1.64. The maximum Gasteiger partial charge on any atom is 0.127 e. The molecule has 1 unspecified atom stereocenters. The van der Waals surface area contributed by atoms with Gasteiger partial charge in [0.1, 0.15) is 11.5 Å². The molecule has 100 valence electrons. The first kappa shape index (κ1) is 13.5. The van der Waals surface area contributed by atoms with Crippen LogP contribution in [0.25, 0.3) is 0 Å². The molecule has 1 aliphatic heterocycles. The molecule has 1 atom stereocenters. The molecule has 0 saturated carbocycles. The standard InChI is InChI=1S/C14H19ClO3/c1-16-13-5-4-11(10-15)14(9-13)18-8-6-12-3-2-7-17-12/h4-5,9,12H,2-3,6-8,10H2,1H3. The molecule has 18 heavy (non-hydrogen) atoms. The Labute approximate surface area is 113 Å². The third kappa shape index (κ3) is 3.53. The normalized spacial score (nSPS) is 18.9. The number of alkyl halides is 1. The van der Waals surface area contributed by atoms with Crippen LogP contribution in [0.2, 0.25) is 0 Å². The Hall–Kier alpha value is -0.930. The highest BCUT2D eigenvalue weighted by Gasteiger charge is 2.15. The summed E-state index contributed by atoms with van der Waals surface area (Å²) in [6, 6.07) is 5.71. The number of rotatable bonds is 6. The molecule has 0 amide bonds. The smallest absolute Gasteiger partial charge is 0.127 e. The van der Waals surface area contributed by atoms with Gasteiger partial charge in [0.05, 0.1) is 25.7 Å². The summed E-state index contributed by atoms with van der Waals surface area (Å²) >= 11 is 5.89. The van der Waals surface area contributed by atoms with E-state index < -0.39 is 0 Å². The van der Waals surface area contributed by atoms with Gasteiger partial charge >= 0.3 is 0 Å². The molecular weight excluding hydrogens is 252 g/mol. The highest BCUT2D eigenvalue weighted by atomic mass is 35.5. The zero-order valence-corrected chi connectivity index (χ0v) is 11.4. The molecule has 4 heteroatoms. The van der Waals surface area contributed by atoms with Gasteiger partial charge in [0.25, 0.3) is 0 Å². The van der Waals surface area contributed by atoms with Gasteiger partial charge in [-0.3, -0.25) is 0 Å². The van der Waals surface area contributed by atoms with Gasteiger partial charge in [0, 0.05) is 24.7 Å². The summed E-state index contributed by atoms with van der Waals surface area (Å²) in [5, 5.41) is 0. The molecule has 0 N–H and O–H groups in total. The fourth-order valence-electron chi connectivity index (χ4n) is 2.08. The van der Waals surface area contributed by atoms with E-state index in [2.05, 4.69) is 0 Å². The van der Waals surface area contributed by atoms with Gasteiger partial charge in [-0.1, -0.05) is 6.07 Å². The minimum Gasteiger partial charge on any atom is -0.497 e. The first-order chi connectivity index (χ1) is 8.83. The van der Waals surface area contributed by atoms with Crippen molar-refractivity contribution in [2.45, 2.75) is 31.2 Å². The Balaban J connectivity index is 1.89. The van der Waals surface area contributed by atoms with Gasteiger partial charge in [-0.25, -0.2) is 0 Å². The van der Waals surface area contributed by atoms with Crippen LogP contribution in [0.1, 0.15) is 24.8 Å². The first-order valence-electron chi connectivity index (χ1n) is 6.30. The molecule has 1 fully saturated rings. The lowest BCUT2D eigenvalue weighted by atomic mass is 10.2. The Morgan fingerprint density at radius 3 is 3.00 bits per heavy atom. The Morgan fingerprint density at radius 2 is 2.33 bits per heavy atom. The van der Waals surface area contributed by atoms with Crippen LogP contribution in [0.5, 0.6) is 11.5 Å². The zero-order valence-electron chi connectivity index (χ0n) is 10.7. The van der Waals surface area contributed by atoms with Gasteiger partial charge < -0.3 is 14.2 Å². The summed E-state index contributed by atoms with van der Waals surface area (Å²) in [5.74, 6) is 2.04. The molecule has 1 heterocycles. The van der Waals surface area contributed by atoms with Crippen LogP contribution in [0.15, 0.2) is 18.2 Å². The molecule has 0 radical (unpaired) electrons. The van der Waals surface area contributed by atoms with Crippen molar-refractivity contribution in [2.24, 2.45) is 0 Å². The van der Waals surface area contributed by atoms with E-state index in [1.54, 1.807) is 7.11 Å². The summed E-state index contributed by atoms with van der Waals surface area (Å²) in [5.41, 5.74) is 0.991. The average molecular weight is 271 g/mol. The van der Waals surface area contributed by atoms with Gasteiger partial charge in [-0.2, -0.15) is 0 Å². The van der Waals surface area contributed by atoms with Crippen LogP contribution in [-0.2, 0) is 10.6 Å². The predicted molar refractivity (Wildman–Crippen MR) is 71.6 cm³/mol. The molecule has 1 aliphatic rings. The monoisotopic (exact) mass is 270 g/mol. The molecular formula is C14H19ClO3. The highest BCUT2D eigenvalue weighted by Crippen LogP contribution is 2.26. The van der Waals surface area contributed by atoms with Crippen LogP contribution in [0.4, 0.5) is 0 Å². The number of hydrogen-bond donors (Lipinski definition) is 0. The molecule has 3 nitrogen and oxygen atoms in total. The van der Waals surface area contributed by atoms with E-state index in [9.17, 15) is 0 Å². The zero-order chi connectivity index (χ0) is 12.8. The van der Waals surface area contributed by atoms with Crippen LogP contribution < -0.4 is 9.47 Å². The fourth-order valence-corrected chi connectivity index (χ4v) is 2.30. The van der Waals surface area contributed by atoms with Crippen LogP contribution in [-0.4, -0.2) is 26.4 Å². The van der Waals surface area contributed by atoms with Crippen molar-refractivity contribution in [2.75, 3.05) is 20.3 Å². The second-order valence-electron chi connectivity index (χ2n) is 4.38. The van der Waals surface area contributed by atoms with Crippen molar-refractivity contribution in [3.8, 4) is 11.5 Å². The molecule has 1 saturated heterocycles. The van der Waals surface area contributed by atoms with Crippen LogP contribution in [0.3, 0.4) is 0 Å². The Morgan fingerprint density at radius 1 is 1.44 bits per heavy atom. The van der Waals surface area contributed by atoms with Gasteiger partial charge in [0.2, 0.25) is 0 Å². The quantitative estimate of drug-likeness (QED) is 0.742. The number of halogens is 1. The van der Waals surface area contributed by atoms with E-state index in [1.165, 1.54) is 0 Å². The predicted octanol–water partition coefficient (Wildman–Crippen LogP) is 3.38. The number of hydrogen-bond acceptors (Lipinski definition) is 3. The van der Waals surface area contributed by atoms with Gasteiger partial charge in [-0.05, 0) is 18.9 Å². The highest BCUT2D eigenvalue weighted by molar-refractivity contribution is 6.17. The van der Waals surface area contributed by atoms with Gasteiger partial charge in [0.15, 0.2) is 0 Å². The summed E-state index contributed by atoms with van der Waals surface area (Å²) in [6.45, 7) is 1.54. The number of benzene rings is 1. The number of methoxy groups -OCH3 is 1. The van der Waals surface area contributed by atoms with E-state index in [0.717, 1.165) is 42.9 Å². The molecule has 1 aromatic rings. The second-order valence-corrected chi connectivity index (χ2v) is 4.65. The third-order valence-electron chi connectivity index (χ3n) is 3.14. The SMILES string of the molecule is COc1ccc(CCl)c(OCCC2CCCO2)c1. The maximum atomic E-state index is 5.89. The molecule has 0 bridgehead atoms. The van der Waals surface area contributed by atoms with Crippen molar-refractivity contribution in [1.29, 1.82) is 0 Å². The Kier molecular flexibility index (Phi) is 5.14. The van der Waals surface area contributed by atoms with E-state index in [1.807, 2.05) is 18.2 Å². The average Bonchev–Trinajstić information content (AvgIpc) is 2.92. The minimum absolute atomic E-state index is 0.357. The molecule has 2 rings (SSSR count). The van der Waals surface area contributed by atoms with Crippen LogP contribution >= 0.6 is 11.6 Å². The van der Waals surface area contributed by atoms with Crippen LogP contribution in [0, 0.1) is 0 Å². The summed E-state index contributed by atoms with van der Waals surface area (Å²) < 4.78 is 16.5. The van der Waals surface area contributed by atoms with Gasteiger partial charge in [-0.15, -0.1) is 11.6 Å². The van der Waals surface area contributed by atoms with Crippen molar-refractivity contribution in [1.82, 2.24) is 0 Å². The largest absolute Gasteiger partial charge is 0.497 e. The number of ether oxygens (including phenoxy) is 3. The van der Waals surface area contributed by atoms with E-state index in [-0.39, 0.29) is 0 Å². The third-order valence-corrected chi connectivity index (χ3v) is 3.43. The lowest BCUT2D eigenvalue weighted by molar-refractivity contribution is 0.0902. The Bertz CT molecular complexity index is 375. The summed E-state index contributed by atoms with van der Waals surface area (Å²) in [4.78, 5) is 0. The molecule has 0 aromatic heterocycles. The first-order valence-corrected chi connectivity index (χ1v) is 6.84. The minimum atomic E-state index is 0.357. The lowest BCUT2D eigenvalue weighted by Gasteiger charge is -2.13. The van der Waals surface area contributed by atoms with Crippen molar-refractivity contribution < 1.29 is 14.2 Å². The lowest BCUT2D eigenvalue weighted by Crippen LogP contribution is -2.11. The van der Waals surface area contributed by atoms with E-state index in [0.29, 0.717) is 18.6 Å². The van der Waals surface area contributed by atoms with Crippen molar-refractivity contribution >= 4 is 11.6 Å². The topological polar surface area (TPSA) is 27.7 Å². The molecule has 0 aliphatic carbocycles. The molecule has 1 aromatic carbocycles. The van der Waals surface area contributed by atoms with Crippen molar-refractivity contribution in [3.63, 3.8) is 0 Å². The molecule has 0 spiro atoms. The maximum absolute atomic E-state index is 5.89. The van der Waals surface area contributed by atoms with Crippen molar-refractivity contribution in [3.05, 3.63) is 23.8 Å². The summed E-state index contributed by atoms with van der Waals surface area (Å²) in [6.07, 6.45) is 3.59. The fraction of sp³-hybridized carbons (Fsp3) is 0.571. The van der Waals surface area contributed by atoms with E-state index >= 15 is 0 Å². The second kappa shape index (κ2) is 6.86. The van der Waals surface area contributed by atoms with E-state index in [4.69, 9.17) is 25.8 Å².